The Kier molecular flexibility index (Phi) is 5.21. The van der Waals surface area contributed by atoms with Crippen molar-refractivity contribution in [1.82, 2.24) is 24.6 Å². The fraction of sp³-hybridized carbons (Fsp3) is 0.400. The van der Waals surface area contributed by atoms with Crippen LogP contribution in [0.2, 0.25) is 0 Å². The maximum absolute atomic E-state index is 12.6. The normalized spacial score (nSPS) is 19.9. The highest BCUT2D eigenvalue weighted by molar-refractivity contribution is 7.99. The van der Waals surface area contributed by atoms with Crippen molar-refractivity contribution in [1.29, 1.82) is 0 Å². The minimum atomic E-state index is -0.248. The van der Waals surface area contributed by atoms with E-state index in [0.717, 1.165) is 25.2 Å². The first kappa shape index (κ1) is 18.7. The number of rotatable bonds is 4. The first-order valence-corrected chi connectivity index (χ1v) is 10.4. The van der Waals surface area contributed by atoms with Crippen molar-refractivity contribution in [3.05, 3.63) is 46.9 Å². The third kappa shape index (κ3) is 3.82. The zero-order chi connectivity index (χ0) is 19.7. The summed E-state index contributed by atoms with van der Waals surface area (Å²) in [6.45, 7) is 5.96. The number of piperidine rings is 1. The lowest BCUT2D eigenvalue weighted by atomic mass is 9.92. The van der Waals surface area contributed by atoms with Crippen LogP contribution in [-0.4, -0.2) is 49.4 Å². The van der Waals surface area contributed by atoms with Crippen molar-refractivity contribution in [2.24, 2.45) is 11.8 Å². The van der Waals surface area contributed by atoms with Gasteiger partial charge >= 0.3 is 0 Å². The highest BCUT2D eigenvalue weighted by Gasteiger charge is 2.25. The van der Waals surface area contributed by atoms with Crippen LogP contribution in [0.1, 0.15) is 20.3 Å². The maximum atomic E-state index is 12.6. The predicted octanol–water partition coefficient (Wildman–Crippen LogP) is 2.71. The number of benzene rings is 1. The summed E-state index contributed by atoms with van der Waals surface area (Å²) in [6.07, 6.45) is 2.68. The molecule has 1 aliphatic rings. The summed E-state index contributed by atoms with van der Waals surface area (Å²) in [5.74, 6) is 1.38. The van der Waals surface area contributed by atoms with Gasteiger partial charge in [0.25, 0.3) is 5.56 Å². The van der Waals surface area contributed by atoms with Gasteiger partial charge in [0, 0.05) is 13.1 Å². The summed E-state index contributed by atoms with van der Waals surface area (Å²) < 4.78 is 1.64. The fourth-order valence-electron chi connectivity index (χ4n) is 3.81. The summed E-state index contributed by atoms with van der Waals surface area (Å²) >= 11 is 1.26. The van der Waals surface area contributed by atoms with Gasteiger partial charge in [-0.2, -0.15) is 5.10 Å². The number of H-pyrrole nitrogens is 1. The largest absolute Gasteiger partial charge is 0.341 e. The molecule has 0 saturated carbocycles. The molecule has 1 aromatic carbocycles. The molecule has 0 aliphatic carbocycles. The number of carbonyl (C=O) groups is 1. The molecule has 1 N–H and O–H groups in total. The standard InChI is InChI=1S/C20H23N5O2S/c1-13-8-14(2)11-24(10-13)17(26)12-28-20-22-18-16(19(27)23-20)9-21-25(18)15-6-4-3-5-7-15/h3-7,9,13-14H,8,10-12H2,1-2H3,(H,22,23,27)/t13-,14+. The molecule has 28 heavy (non-hydrogen) atoms. The average Bonchev–Trinajstić information content (AvgIpc) is 3.10. The monoisotopic (exact) mass is 397 g/mol. The Morgan fingerprint density at radius 3 is 2.64 bits per heavy atom. The van der Waals surface area contributed by atoms with E-state index in [0.29, 0.717) is 28.0 Å². The molecule has 0 radical (unpaired) electrons. The molecule has 0 spiro atoms. The molecule has 8 heteroatoms. The van der Waals surface area contributed by atoms with E-state index in [2.05, 4.69) is 28.9 Å². The minimum Gasteiger partial charge on any atom is -0.341 e. The SMILES string of the molecule is C[C@@H]1C[C@H](C)CN(C(=O)CSc2nc3c(cnn3-c3ccccc3)c(=O)[nH]2)C1. The molecule has 3 aromatic rings. The number of carbonyl (C=O) groups excluding carboxylic acids is 1. The predicted molar refractivity (Wildman–Crippen MR) is 110 cm³/mol. The van der Waals surface area contributed by atoms with E-state index in [1.165, 1.54) is 18.0 Å². The van der Waals surface area contributed by atoms with Gasteiger partial charge in [-0.1, -0.05) is 43.8 Å². The van der Waals surface area contributed by atoms with Crippen LogP contribution in [0, 0.1) is 11.8 Å². The minimum absolute atomic E-state index is 0.0858. The lowest BCUT2D eigenvalue weighted by Crippen LogP contribution is -2.43. The Bertz CT molecular complexity index is 1040. The molecule has 3 heterocycles. The number of hydrogen-bond acceptors (Lipinski definition) is 5. The summed E-state index contributed by atoms with van der Waals surface area (Å²) in [5, 5.41) is 5.16. The number of nitrogens with zero attached hydrogens (tertiary/aromatic N) is 4. The molecule has 7 nitrogen and oxygen atoms in total. The molecule has 146 valence electrons. The molecule has 0 unspecified atom stereocenters. The zero-order valence-corrected chi connectivity index (χ0v) is 16.8. The molecule has 2 aromatic heterocycles. The highest BCUT2D eigenvalue weighted by Crippen LogP contribution is 2.23. The van der Waals surface area contributed by atoms with Crippen LogP contribution in [-0.2, 0) is 4.79 Å². The van der Waals surface area contributed by atoms with Crippen LogP contribution in [0.4, 0.5) is 0 Å². The van der Waals surface area contributed by atoms with E-state index < -0.39 is 0 Å². The highest BCUT2D eigenvalue weighted by atomic mass is 32.2. The van der Waals surface area contributed by atoms with Crippen LogP contribution in [0.25, 0.3) is 16.7 Å². The van der Waals surface area contributed by atoms with E-state index in [-0.39, 0.29) is 17.2 Å². The number of aromatic nitrogens is 4. The second-order valence-electron chi connectivity index (χ2n) is 7.53. The molecule has 1 saturated heterocycles. The summed E-state index contributed by atoms with van der Waals surface area (Å²) in [4.78, 5) is 34.3. The third-order valence-electron chi connectivity index (χ3n) is 4.97. The number of para-hydroxylation sites is 1. The van der Waals surface area contributed by atoms with Crippen molar-refractivity contribution < 1.29 is 4.79 Å². The Balaban J connectivity index is 1.54. The van der Waals surface area contributed by atoms with Crippen LogP contribution < -0.4 is 5.56 Å². The molecular formula is C20H23N5O2S. The first-order valence-electron chi connectivity index (χ1n) is 9.45. The van der Waals surface area contributed by atoms with Gasteiger partial charge in [0.05, 0.1) is 17.6 Å². The molecule has 1 fully saturated rings. The first-order chi connectivity index (χ1) is 13.5. The van der Waals surface area contributed by atoms with Gasteiger partial charge in [0.1, 0.15) is 5.39 Å². The van der Waals surface area contributed by atoms with Gasteiger partial charge < -0.3 is 9.88 Å². The van der Waals surface area contributed by atoms with Crippen LogP contribution in [0.3, 0.4) is 0 Å². The number of hydrogen-bond donors (Lipinski definition) is 1. The lowest BCUT2D eigenvalue weighted by Gasteiger charge is -2.34. The second-order valence-corrected chi connectivity index (χ2v) is 8.50. The second kappa shape index (κ2) is 7.79. The molecular weight excluding hydrogens is 374 g/mol. The van der Waals surface area contributed by atoms with E-state index in [1.54, 1.807) is 4.68 Å². The van der Waals surface area contributed by atoms with Gasteiger partial charge in [0.15, 0.2) is 10.8 Å². The van der Waals surface area contributed by atoms with Crippen molar-refractivity contribution in [2.75, 3.05) is 18.8 Å². The van der Waals surface area contributed by atoms with Crippen LogP contribution in [0.5, 0.6) is 0 Å². The van der Waals surface area contributed by atoms with E-state index >= 15 is 0 Å². The molecule has 0 bridgehead atoms. The quantitative estimate of drug-likeness (QED) is 0.541. The fourth-order valence-corrected chi connectivity index (χ4v) is 4.57. The Morgan fingerprint density at radius 2 is 1.93 bits per heavy atom. The average molecular weight is 398 g/mol. The number of fused-ring (bicyclic) bond motifs is 1. The number of amides is 1. The molecule has 1 aliphatic heterocycles. The Hall–Kier alpha value is -2.61. The van der Waals surface area contributed by atoms with Gasteiger partial charge in [-0.25, -0.2) is 9.67 Å². The third-order valence-corrected chi connectivity index (χ3v) is 5.83. The van der Waals surface area contributed by atoms with Crippen molar-refractivity contribution in [2.45, 2.75) is 25.4 Å². The van der Waals surface area contributed by atoms with Crippen LogP contribution in [0.15, 0.2) is 46.5 Å². The zero-order valence-electron chi connectivity index (χ0n) is 16.0. The van der Waals surface area contributed by atoms with Crippen molar-refractivity contribution in [3.8, 4) is 5.69 Å². The van der Waals surface area contributed by atoms with Crippen molar-refractivity contribution >= 4 is 28.7 Å². The number of aromatic amines is 1. The van der Waals surface area contributed by atoms with E-state index in [1.807, 2.05) is 35.2 Å². The van der Waals surface area contributed by atoms with Gasteiger partial charge in [0.2, 0.25) is 5.91 Å². The Morgan fingerprint density at radius 1 is 1.21 bits per heavy atom. The number of thioether (sulfide) groups is 1. The summed E-state index contributed by atoms with van der Waals surface area (Å²) in [6, 6.07) is 9.55. The lowest BCUT2D eigenvalue weighted by molar-refractivity contribution is -0.130. The number of likely N-dealkylation sites (tertiary alicyclic amines) is 1. The molecule has 4 rings (SSSR count). The summed E-state index contributed by atoms with van der Waals surface area (Å²) in [7, 11) is 0. The van der Waals surface area contributed by atoms with Gasteiger partial charge in [-0.15, -0.1) is 0 Å². The van der Waals surface area contributed by atoms with Gasteiger partial charge in [-0.3, -0.25) is 9.59 Å². The maximum Gasteiger partial charge on any atom is 0.262 e. The molecule has 1 amide bonds. The van der Waals surface area contributed by atoms with Gasteiger partial charge in [-0.05, 0) is 30.4 Å². The Labute approximate surface area is 167 Å². The summed E-state index contributed by atoms with van der Waals surface area (Å²) in [5.41, 5.74) is 1.08. The van der Waals surface area contributed by atoms with Crippen LogP contribution >= 0.6 is 11.8 Å². The smallest absolute Gasteiger partial charge is 0.262 e. The number of nitrogens with one attached hydrogen (secondary N) is 1. The molecule has 2 atom stereocenters. The van der Waals surface area contributed by atoms with E-state index in [4.69, 9.17) is 0 Å². The topological polar surface area (TPSA) is 83.9 Å². The van der Waals surface area contributed by atoms with Crippen molar-refractivity contribution in [3.63, 3.8) is 0 Å². The van der Waals surface area contributed by atoms with E-state index in [9.17, 15) is 9.59 Å².